The number of amides is 1. The van der Waals surface area contributed by atoms with Crippen molar-refractivity contribution in [2.75, 3.05) is 17.5 Å². The van der Waals surface area contributed by atoms with Crippen molar-refractivity contribution in [3.05, 3.63) is 119 Å². The summed E-state index contributed by atoms with van der Waals surface area (Å²) in [5, 5.41) is 4.64. The first kappa shape index (κ1) is 28.7. The largest absolute Gasteiger partial charge is 0.494 e. The summed E-state index contributed by atoms with van der Waals surface area (Å²) in [7, 11) is -4.05. The van der Waals surface area contributed by atoms with Crippen LogP contribution in [-0.4, -0.2) is 33.7 Å². The third-order valence-electron chi connectivity index (χ3n) is 5.63. The predicted octanol–water partition coefficient (Wildman–Crippen LogP) is 5.66. The molecule has 40 heavy (non-hydrogen) atoms. The average molecular weight is 578 g/mol. The van der Waals surface area contributed by atoms with Gasteiger partial charge in [-0.2, -0.15) is 5.10 Å². The average Bonchev–Trinajstić information content (AvgIpc) is 2.96. The van der Waals surface area contributed by atoms with Gasteiger partial charge in [0.15, 0.2) is 0 Å². The molecule has 0 atom stereocenters. The van der Waals surface area contributed by atoms with E-state index in [0.29, 0.717) is 35.4 Å². The van der Waals surface area contributed by atoms with Crippen LogP contribution in [-0.2, 0) is 21.4 Å². The lowest BCUT2D eigenvalue weighted by Gasteiger charge is -2.23. The summed E-state index contributed by atoms with van der Waals surface area (Å²) in [5.41, 5.74) is 4.43. The Labute approximate surface area is 238 Å². The maximum Gasteiger partial charge on any atom is 0.264 e. The van der Waals surface area contributed by atoms with Crippen molar-refractivity contribution in [2.24, 2.45) is 5.10 Å². The van der Waals surface area contributed by atoms with Gasteiger partial charge in [0.05, 0.1) is 23.4 Å². The number of sulfonamides is 1. The molecular weight excluding hydrogens is 550 g/mol. The molecule has 0 saturated heterocycles. The van der Waals surface area contributed by atoms with E-state index in [2.05, 4.69) is 10.5 Å². The van der Waals surface area contributed by atoms with Gasteiger partial charge in [0.25, 0.3) is 15.9 Å². The van der Waals surface area contributed by atoms with Crippen molar-refractivity contribution in [1.29, 1.82) is 0 Å². The van der Waals surface area contributed by atoms with Gasteiger partial charge in [-0.1, -0.05) is 41.9 Å². The molecular formula is C30H28ClN3O5S. The molecule has 0 fully saturated rings. The highest BCUT2D eigenvalue weighted by molar-refractivity contribution is 7.92. The first-order valence-electron chi connectivity index (χ1n) is 12.4. The molecule has 8 nitrogen and oxygen atoms in total. The fourth-order valence-corrected chi connectivity index (χ4v) is 5.33. The Kier molecular flexibility index (Phi) is 9.77. The summed E-state index contributed by atoms with van der Waals surface area (Å²) in [5.74, 6) is 0.621. The number of halogens is 1. The quantitative estimate of drug-likeness (QED) is 0.173. The number of ether oxygens (including phenoxy) is 2. The number of anilines is 1. The third-order valence-corrected chi connectivity index (χ3v) is 7.65. The molecule has 0 saturated carbocycles. The second-order valence-corrected chi connectivity index (χ2v) is 10.8. The Morgan fingerprint density at radius 2 is 1.57 bits per heavy atom. The van der Waals surface area contributed by atoms with E-state index in [1.807, 2.05) is 25.1 Å². The molecule has 206 valence electrons. The summed E-state index contributed by atoms with van der Waals surface area (Å²) >= 11 is 6.01. The van der Waals surface area contributed by atoms with E-state index in [9.17, 15) is 13.2 Å². The van der Waals surface area contributed by atoms with E-state index in [1.54, 1.807) is 72.8 Å². The van der Waals surface area contributed by atoms with Crippen LogP contribution in [0.15, 0.2) is 113 Å². The topological polar surface area (TPSA) is 97.3 Å². The van der Waals surface area contributed by atoms with E-state index in [4.69, 9.17) is 21.1 Å². The predicted molar refractivity (Wildman–Crippen MR) is 157 cm³/mol. The monoisotopic (exact) mass is 577 g/mol. The lowest BCUT2D eigenvalue weighted by atomic mass is 10.2. The molecule has 0 radical (unpaired) electrons. The molecule has 0 aliphatic heterocycles. The standard InChI is InChI=1S/C30H28ClN3O5S/c1-2-38-27-15-17-29(18-16-27)40(36,37)34(26-9-4-3-5-10-26)21-30(35)33-32-20-23-11-13-28(14-12-23)39-22-24-7-6-8-25(31)19-24/h3-20H,2,21-22H2,1H3,(H,33,35)/b32-20+. The van der Waals surface area contributed by atoms with E-state index >= 15 is 0 Å². The summed E-state index contributed by atoms with van der Waals surface area (Å²) in [6, 6.07) is 29.1. The molecule has 0 spiro atoms. The SMILES string of the molecule is CCOc1ccc(S(=O)(=O)N(CC(=O)N/N=C/c2ccc(OCc3cccc(Cl)c3)cc2)c2ccccc2)cc1. The van der Waals surface area contributed by atoms with Gasteiger partial charge in [-0.15, -0.1) is 0 Å². The third kappa shape index (κ3) is 7.84. The highest BCUT2D eigenvalue weighted by Crippen LogP contribution is 2.25. The normalized spacial score (nSPS) is 11.2. The van der Waals surface area contributed by atoms with Crippen LogP contribution < -0.4 is 19.2 Å². The molecule has 1 N–H and O–H groups in total. The summed E-state index contributed by atoms with van der Waals surface area (Å²) < 4.78 is 39.2. The molecule has 4 aromatic carbocycles. The fourth-order valence-electron chi connectivity index (χ4n) is 3.70. The van der Waals surface area contributed by atoms with Gasteiger partial charge in [0.1, 0.15) is 24.7 Å². The number of carbonyl (C=O) groups excluding carboxylic acids is 1. The molecule has 4 rings (SSSR count). The van der Waals surface area contributed by atoms with Gasteiger partial charge < -0.3 is 9.47 Å². The van der Waals surface area contributed by atoms with Crippen molar-refractivity contribution < 1.29 is 22.7 Å². The van der Waals surface area contributed by atoms with Crippen LogP contribution in [0.3, 0.4) is 0 Å². The second-order valence-electron chi connectivity index (χ2n) is 8.53. The fraction of sp³-hybridized carbons (Fsp3) is 0.133. The number of hydrogen-bond donors (Lipinski definition) is 1. The highest BCUT2D eigenvalue weighted by atomic mass is 35.5. The number of nitrogens with one attached hydrogen (secondary N) is 1. The van der Waals surface area contributed by atoms with Gasteiger partial charge in [-0.25, -0.2) is 13.8 Å². The lowest BCUT2D eigenvalue weighted by molar-refractivity contribution is -0.119. The number of benzene rings is 4. The van der Waals surface area contributed by atoms with Crippen molar-refractivity contribution in [3.8, 4) is 11.5 Å². The van der Waals surface area contributed by atoms with Crippen LogP contribution in [0.5, 0.6) is 11.5 Å². The van der Waals surface area contributed by atoms with Crippen LogP contribution in [0.1, 0.15) is 18.1 Å². The number of hydrogen-bond acceptors (Lipinski definition) is 6. The Bertz CT molecular complexity index is 1540. The van der Waals surface area contributed by atoms with Crippen LogP contribution in [0, 0.1) is 0 Å². The van der Waals surface area contributed by atoms with Crippen LogP contribution in [0.4, 0.5) is 5.69 Å². The van der Waals surface area contributed by atoms with Crippen LogP contribution in [0.2, 0.25) is 5.02 Å². The lowest BCUT2D eigenvalue weighted by Crippen LogP contribution is -2.39. The summed E-state index contributed by atoms with van der Waals surface area (Å²) in [6.07, 6.45) is 1.46. The number of rotatable bonds is 12. The number of nitrogens with zero attached hydrogens (tertiary/aromatic N) is 2. The molecule has 0 unspecified atom stereocenters. The van der Waals surface area contributed by atoms with E-state index in [1.165, 1.54) is 18.3 Å². The van der Waals surface area contributed by atoms with Crippen molar-refractivity contribution in [2.45, 2.75) is 18.4 Å². The Hall–Kier alpha value is -4.34. The minimum atomic E-state index is -4.05. The Balaban J connectivity index is 1.39. The first-order valence-corrected chi connectivity index (χ1v) is 14.3. The minimum absolute atomic E-state index is 0.0359. The molecule has 0 aromatic heterocycles. The van der Waals surface area contributed by atoms with Crippen LogP contribution >= 0.6 is 11.6 Å². The summed E-state index contributed by atoms with van der Waals surface area (Å²) in [6.45, 7) is 2.22. The van der Waals surface area contributed by atoms with Crippen molar-refractivity contribution in [3.63, 3.8) is 0 Å². The zero-order valence-corrected chi connectivity index (χ0v) is 23.3. The Morgan fingerprint density at radius 1 is 0.900 bits per heavy atom. The maximum atomic E-state index is 13.5. The van der Waals surface area contributed by atoms with Crippen LogP contribution in [0.25, 0.3) is 0 Å². The van der Waals surface area contributed by atoms with E-state index < -0.39 is 22.5 Å². The molecule has 0 aliphatic rings. The zero-order valence-electron chi connectivity index (χ0n) is 21.7. The maximum absolute atomic E-state index is 13.5. The molecule has 0 aliphatic carbocycles. The molecule has 4 aromatic rings. The summed E-state index contributed by atoms with van der Waals surface area (Å²) in [4.78, 5) is 12.8. The molecule has 10 heteroatoms. The number of hydrazone groups is 1. The van der Waals surface area contributed by atoms with E-state index in [0.717, 1.165) is 15.4 Å². The molecule has 1 amide bonds. The zero-order chi connectivity index (χ0) is 28.4. The van der Waals surface area contributed by atoms with Crippen molar-refractivity contribution in [1.82, 2.24) is 5.43 Å². The van der Waals surface area contributed by atoms with E-state index in [-0.39, 0.29) is 4.90 Å². The van der Waals surface area contributed by atoms with Gasteiger partial charge in [0.2, 0.25) is 0 Å². The first-order chi connectivity index (χ1) is 19.3. The second kappa shape index (κ2) is 13.6. The minimum Gasteiger partial charge on any atom is -0.494 e. The van der Waals surface area contributed by atoms with Gasteiger partial charge in [-0.3, -0.25) is 9.10 Å². The van der Waals surface area contributed by atoms with Gasteiger partial charge >= 0.3 is 0 Å². The smallest absolute Gasteiger partial charge is 0.264 e. The highest BCUT2D eigenvalue weighted by Gasteiger charge is 2.27. The number of carbonyl (C=O) groups is 1. The van der Waals surface area contributed by atoms with Gasteiger partial charge in [-0.05, 0) is 90.8 Å². The van der Waals surface area contributed by atoms with Gasteiger partial charge in [0, 0.05) is 5.02 Å². The Morgan fingerprint density at radius 3 is 2.25 bits per heavy atom. The molecule has 0 heterocycles. The number of para-hydroxylation sites is 1. The van der Waals surface area contributed by atoms with Crippen molar-refractivity contribution >= 4 is 39.4 Å². The molecule has 0 bridgehead atoms.